The molecule has 0 aliphatic heterocycles. The van der Waals surface area contributed by atoms with Crippen LogP contribution in [0, 0.1) is 11.3 Å². The first-order valence-corrected chi connectivity index (χ1v) is 2.13. The summed E-state index contributed by atoms with van der Waals surface area (Å²) in [6.45, 7) is 2.71. The minimum atomic E-state index is 0.258. The predicted molar refractivity (Wildman–Crippen MR) is 25.2 cm³/mol. The van der Waals surface area contributed by atoms with E-state index in [1.54, 1.807) is 0 Å². The molecular weight excluding hydrogens is 92.1 g/mol. The van der Waals surface area contributed by atoms with Gasteiger partial charge in [-0.25, -0.2) is 0 Å². The van der Waals surface area contributed by atoms with Gasteiger partial charge in [-0.15, -0.1) is 0 Å². The summed E-state index contributed by atoms with van der Waals surface area (Å²) in [5.74, 6) is 0. The average molecular weight is 100 g/mol. The molecule has 0 heterocycles. The molecule has 0 saturated carbocycles. The van der Waals surface area contributed by atoms with E-state index in [1.165, 1.54) is 0 Å². The van der Waals surface area contributed by atoms with Gasteiger partial charge in [0.1, 0.15) is 6.54 Å². The summed E-state index contributed by atoms with van der Waals surface area (Å²) >= 11 is 0. The lowest BCUT2D eigenvalue weighted by Crippen LogP contribution is -2.13. The van der Waals surface area contributed by atoms with Crippen LogP contribution in [0.15, 0.2) is 0 Å². The number of hydrogen-bond acceptors (Lipinski definition) is 3. The van der Waals surface area contributed by atoms with Gasteiger partial charge < -0.3 is 4.84 Å². The number of hydrogen-bond donors (Lipinski definition) is 1. The van der Waals surface area contributed by atoms with Gasteiger partial charge in [-0.2, -0.15) is 10.7 Å². The highest BCUT2D eigenvalue weighted by Gasteiger charge is 1.74. The van der Waals surface area contributed by atoms with Crippen LogP contribution in [0.3, 0.4) is 0 Å². The summed E-state index contributed by atoms with van der Waals surface area (Å²) in [4.78, 5) is 4.60. The minimum absolute atomic E-state index is 0.258. The van der Waals surface area contributed by atoms with E-state index in [2.05, 4.69) is 10.3 Å². The van der Waals surface area contributed by atoms with E-state index < -0.39 is 0 Å². The molecule has 3 nitrogen and oxygen atoms in total. The minimum Gasteiger partial charge on any atom is -0.301 e. The van der Waals surface area contributed by atoms with Crippen molar-refractivity contribution in [3.8, 4) is 6.07 Å². The van der Waals surface area contributed by atoms with Gasteiger partial charge in [-0.1, -0.05) is 0 Å². The second-order valence-corrected chi connectivity index (χ2v) is 0.912. The molecule has 0 fully saturated rings. The molecule has 7 heavy (non-hydrogen) atoms. The monoisotopic (exact) mass is 100 g/mol. The van der Waals surface area contributed by atoms with Gasteiger partial charge in [0.2, 0.25) is 0 Å². The van der Waals surface area contributed by atoms with Gasteiger partial charge in [0, 0.05) is 0 Å². The molecule has 0 saturated heterocycles. The van der Waals surface area contributed by atoms with E-state index in [9.17, 15) is 0 Å². The van der Waals surface area contributed by atoms with Crippen molar-refractivity contribution in [2.75, 3.05) is 13.2 Å². The smallest absolute Gasteiger partial charge is 0.108 e. The third kappa shape index (κ3) is 5.41. The highest BCUT2D eigenvalue weighted by molar-refractivity contribution is 4.68. The molecule has 0 aromatic carbocycles. The van der Waals surface area contributed by atoms with Crippen LogP contribution in [-0.2, 0) is 4.84 Å². The highest BCUT2D eigenvalue weighted by atomic mass is 16.6. The van der Waals surface area contributed by atoms with Gasteiger partial charge in [0.15, 0.2) is 0 Å². The maximum atomic E-state index is 7.90. The zero-order valence-electron chi connectivity index (χ0n) is 4.27. The largest absolute Gasteiger partial charge is 0.301 e. The number of nitrogens with one attached hydrogen (secondary N) is 1. The standard InChI is InChI=1S/C4H8N2O/c1-2-7-6-4-3-5/h6H,2,4H2,1H3. The Morgan fingerprint density at radius 1 is 1.86 bits per heavy atom. The molecule has 0 bridgehead atoms. The lowest BCUT2D eigenvalue weighted by molar-refractivity contribution is 0.0598. The third-order valence-corrected chi connectivity index (χ3v) is 0.398. The van der Waals surface area contributed by atoms with E-state index >= 15 is 0 Å². The van der Waals surface area contributed by atoms with Crippen molar-refractivity contribution >= 4 is 0 Å². The van der Waals surface area contributed by atoms with Gasteiger partial charge in [-0.3, -0.25) is 0 Å². The van der Waals surface area contributed by atoms with Gasteiger partial charge in [-0.05, 0) is 6.92 Å². The fourth-order valence-electron chi connectivity index (χ4n) is 0.185. The summed E-state index contributed by atoms with van der Waals surface area (Å²) < 4.78 is 0. The van der Waals surface area contributed by atoms with Crippen molar-refractivity contribution in [1.82, 2.24) is 5.48 Å². The van der Waals surface area contributed by atoms with Gasteiger partial charge in [0.25, 0.3) is 0 Å². The van der Waals surface area contributed by atoms with E-state index in [4.69, 9.17) is 5.26 Å². The van der Waals surface area contributed by atoms with Crippen LogP contribution in [-0.4, -0.2) is 13.2 Å². The third-order valence-electron chi connectivity index (χ3n) is 0.398. The lowest BCUT2D eigenvalue weighted by Gasteiger charge is -1.93. The average Bonchev–Trinajstić information content (AvgIpc) is 1.69. The molecule has 0 radical (unpaired) electrons. The Balaban J connectivity index is 2.60. The first-order chi connectivity index (χ1) is 3.41. The van der Waals surface area contributed by atoms with Crippen LogP contribution < -0.4 is 5.48 Å². The van der Waals surface area contributed by atoms with Crippen LogP contribution in [0.5, 0.6) is 0 Å². The predicted octanol–water partition coefficient (Wildman–Crippen LogP) is 0.0511. The highest BCUT2D eigenvalue weighted by Crippen LogP contribution is 1.59. The molecule has 0 aliphatic rings. The molecule has 0 aromatic rings. The second-order valence-electron chi connectivity index (χ2n) is 0.912. The summed E-state index contributed by atoms with van der Waals surface area (Å²) in [6, 6.07) is 1.87. The molecule has 0 amide bonds. The van der Waals surface area contributed by atoms with E-state index in [1.807, 2.05) is 13.0 Å². The fourth-order valence-corrected chi connectivity index (χ4v) is 0.185. The molecule has 0 aliphatic carbocycles. The summed E-state index contributed by atoms with van der Waals surface area (Å²) in [6.07, 6.45) is 0. The number of rotatable bonds is 3. The summed E-state index contributed by atoms with van der Waals surface area (Å²) in [5.41, 5.74) is 2.42. The van der Waals surface area contributed by atoms with Crippen LogP contribution >= 0.6 is 0 Å². The molecular formula is C4H8N2O. The zero-order chi connectivity index (χ0) is 5.54. The Labute approximate surface area is 42.8 Å². The summed E-state index contributed by atoms with van der Waals surface area (Å²) in [5, 5.41) is 7.90. The van der Waals surface area contributed by atoms with Crippen molar-refractivity contribution in [1.29, 1.82) is 5.26 Å². The number of nitrogens with zero attached hydrogens (tertiary/aromatic N) is 1. The lowest BCUT2D eigenvalue weighted by atomic mass is 10.8. The van der Waals surface area contributed by atoms with Crippen LogP contribution in [0.4, 0.5) is 0 Å². The van der Waals surface area contributed by atoms with Crippen molar-refractivity contribution in [2.45, 2.75) is 6.92 Å². The summed E-state index contributed by atoms with van der Waals surface area (Å²) in [7, 11) is 0. The molecule has 0 spiro atoms. The van der Waals surface area contributed by atoms with Crippen molar-refractivity contribution < 1.29 is 4.84 Å². The normalized spacial score (nSPS) is 8.00. The molecule has 0 unspecified atom stereocenters. The van der Waals surface area contributed by atoms with Crippen LogP contribution in [0.2, 0.25) is 0 Å². The van der Waals surface area contributed by atoms with Crippen molar-refractivity contribution in [3.63, 3.8) is 0 Å². The zero-order valence-corrected chi connectivity index (χ0v) is 4.27. The Morgan fingerprint density at radius 3 is 3.00 bits per heavy atom. The maximum Gasteiger partial charge on any atom is 0.108 e. The topological polar surface area (TPSA) is 45.0 Å². The maximum absolute atomic E-state index is 7.90. The van der Waals surface area contributed by atoms with Gasteiger partial charge in [0.05, 0.1) is 12.7 Å². The number of nitriles is 1. The molecule has 0 rings (SSSR count). The van der Waals surface area contributed by atoms with E-state index in [0.717, 1.165) is 0 Å². The first-order valence-electron chi connectivity index (χ1n) is 2.13. The Kier molecular flexibility index (Phi) is 4.95. The molecule has 0 aromatic heterocycles. The Bertz CT molecular complexity index is 66.6. The molecule has 1 N–H and O–H groups in total. The van der Waals surface area contributed by atoms with Crippen molar-refractivity contribution in [3.05, 3.63) is 0 Å². The van der Waals surface area contributed by atoms with Gasteiger partial charge >= 0.3 is 0 Å². The van der Waals surface area contributed by atoms with Crippen LogP contribution in [0.1, 0.15) is 6.92 Å². The van der Waals surface area contributed by atoms with Crippen LogP contribution in [0.25, 0.3) is 0 Å². The fraction of sp³-hybridized carbons (Fsp3) is 0.750. The quantitative estimate of drug-likeness (QED) is 0.309. The first kappa shape index (κ1) is 6.41. The van der Waals surface area contributed by atoms with E-state index in [0.29, 0.717) is 6.61 Å². The van der Waals surface area contributed by atoms with Crippen molar-refractivity contribution in [2.24, 2.45) is 0 Å². The van der Waals surface area contributed by atoms with E-state index in [-0.39, 0.29) is 6.54 Å². The second kappa shape index (κ2) is 5.41. The number of hydroxylamine groups is 1. The molecule has 40 valence electrons. The Morgan fingerprint density at radius 2 is 2.57 bits per heavy atom. The molecule has 3 heteroatoms. The SMILES string of the molecule is CCONCC#N. The molecule has 0 atom stereocenters. The Hall–Kier alpha value is -0.590.